The number of carbonyl (C=O) groups is 1. The average Bonchev–Trinajstić information content (AvgIpc) is 2.22. The van der Waals surface area contributed by atoms with E-state index in [1.54, 1.807) is 25.3 Å². The molecule has 0 bridgehead atoms. The fourth-order valence-electron chi connectivity index (χ4n) is 1.32. The predicted octanol–water partition coefficient (Wildman–Crippen LogP) is 1.80. The van der Waals surface area contributed by atoms with E-state index in [2.05, 4.69) is 21.2 Å². The summed E-state index contributed by atoms with van der Waals surface area (Å²) < 4.78 is 5.57. The molecule has 0 heterocycles. The number of hydrogen-bond donors (Lipinski definition) is 2. The third kappa shape index (κ3) is 3.21. The second kappa shape index (κ2) is 5.86. The molecular formula is C11H15BrN2O2. The number of amides is 1. The van der Waals surface area contributed by atoms with Crippen LogP contribution in [-0.2, 0) is 4.74 Å². The fraction of sp³-hybridized carbons (Fsp3) is 0.364. The summed E-state index contributed by atoms with van der Waals surface area (Å²) in [6.07, 6.45) is 0. The number of anilines is 1. The molecule has 88 valence electrons. The number of halogens is 1. The Hall–Kier alpha value is -1.07. The highest BCUT2D eigenvalue weighted by Crippen LogP contribution is 2.23. The first kappa shape index (κ1) is 13.0. The van der Waals surface area contributed by atoms with E-state index in [1.165, 1.54) is 0 Å². The number of nitrogens with one attached hydrogen (secondary N) is 1. The number of nitrogens with two attached hydrogens (primary N) is 1. The SMILES string of the molecule is COCC(C)NC(=O)c1cccc(N)c1Br. The number of ether oxygens (including phenoxy) is 1. The maximum absolute atomic E-state index is 11.9. The zero-order valence-corrected chi connectivity index (χ0v) is 10.9. The highest BCUT2D eigenvalue weighted by atomic mass is 79.9. The van der Waals surface area contributed by atoms with Gasteiger partial charge in [-0.1, -0.05) is 6.07 Å². The molecule has 1 unspecified atom stereocenters. The molecule has 0 spiro atoms. The first-order chi connectivity index (χ1) is 7.56. The minimum Gasteiger partial charge on any atom is -0.398 e. The van der Waals surface area contributed by atoms with Crippen LogP contribution in [-0.4, -0.2) is 25.7 Å². The van der Waals surface area contributed by atoms with Crippen molar-refractivity contribution in [1.82, 2.24) is 5.32 Å². The molecule has 1 aromatic rings. The fourth-order valence-corrected chi connectivity index (χ4v) is 1.76. The Balaban J connectivity index is 2.77. The molecule has 0 aliphatic heterocycles. The van der Waals surface area contributed by atoms with Crippen molar-refractivity contribution in [3.63, 3.8) is 0 Å². The van der Waals surface area contributed by atoms with Crippen LogP contribution in [0.2, 0.25) is 0 Å². The molecule has 0 radical (unpaired) electrons. The van der Waals surface area contributed by atoms with E-state index in [9.17, 15) is 4.79 Å². The van der Waals surface area contributed by atoms with Crippen LogP contribution in [0.3, 0.4) is 0 Å². The van der Waals surface area contributed by atoms with E-state index in [1.807, 2.05) is 6.92 Å². The Morgan fingerprint density at radius 2 is 2.31 bits per heavy atom. The van der Waals surface area contributed by atoms with Crippen LogP contribution < -0.4 is 11.1 Å². The Kier molecular flexibility index (Phi) is 4.76. The lowest BCUT2D eigenvalue weighted by molar-refractivity contribution is 0.0905. The lowest BCUT2D eigenvalue weighted by Gasteiger charge is -2.13. The highest BCUT2D eigenvalue weighted by Gasteiger charge is 2.13. The van der Waals surface area contributed by atoms with Gasteiger partial charge in [-0.05, 0) is 35.0 Å². The first-order valence-electron chi connectivity index (χ1n) is 4.90. The minimum atomic E-state index is -0.163. The van der Waals surface area contributed by atoms with E-state index in [0.29, 0.717) is 22.3 Å². The molecule has 0 aliphatic rings. The summed E-state index contributed by atoms with van der Waals surface area (Å²) in [4.78, 5) is 11.9. The molecule has 16 heavy (non-hydrogen) atoms. The van der Waals surface area contributed by atoms with E-state index >= 15 is 0 Å². The quantitative estimate of drug-likeness (QED) is 0.830. The summed E-state index contributed by atoms with van der Waals surface area (Å²) in [5.41, 5.74) is 6.78. The summed E-state index contributed by atoms with van der Waals surface area (Å²) in [6, 6.07) is 5.16. The maximum Gasteiger partial charge on any atom is 0.252 e. The van der Waals surface area contributed by atoms with E-state index < -0.39 is 0 Å². The summed E-state index contributed by atoms with van der Waals surface area (Å²) in [5, 5.41) is 2.82. The van der Waals surface area contributed by atoms with Crippen LogP contribution in [0.4, 0.5) is 5.69 Å². The second-order valence-corrected chi connectivity index (χ2v) is 4.33. The van der Waals surface area contributed by atoms with Crippen molar-refractivity contribution in [2.24, 2.45) is 0 Å². The van der Waals surface area contributed by atoms with Crippen LogP contribution in [0.15, 0.2) is 22.7 Å². The molecule has 1 amide bonds. The van der Waals surface area contributed by atoms with Gasteiger partial charge in [0.15, 0.2) is 0 Å². The largest absolute Gasteiger partial charge is 0.398 e. The van der Waals surface area contributed by atoms with Crippen molar-refractivity contribution < 1.29 is 9.53 Å². The van der Waals surface area contributed by atoms with Crippen molar-refractivity contribution in [2.75, 3.05) is 19.5 Å². The van der Waals surface area contributed by atoms with Crippen molar-refractivity contribution in [2.45, 2.75) is 13.0 Å². The molecule has 0 aliphatic carbocycles. The van der Waals surface area contributed by atoms with Crippen molar-refractivity contribution in [3.8, 4) is 0 Å². The van der Waals surface area contributed by atoms with Gasteiger partial charge in [0, 0.05) is 18.8 Å². The van der Waals surface area contributed by atoms with Gasteiger partial charge in [0.25, 0.3) is 5.91 Å². The third-order valence-corrected chi connectivity index (χ3v) is 2.95. The van der Waals surface area contributed by atoms with Crippen LogP contribution in [0.5, 0.6) is 0 Å². The van der Waals surface area contributed by atoms with Gasteiger partial charge in [-0.3, -0.25) is 4.79 Å². The normalized spacial score (nSPS) is 12.2. The number of rotatable bonds is 4. The van der Waals surface area contributed by atoms with Crippen LogP contribution >= 0.6 is 15.9 Å². The van der Waals surface area contributed by atoms with Gasteiger partial charge in [-0.15, -0.1) is 0 Å². The molecule has 4 nitrogen and oxygen atoms in total. The number of methoxy groups -OCH3 is 1. The number of hydrogen-bond acceptors (Lipinski definition) is 3. The van der Waals surface area contributed by atoms with Crippen molar-refractivity contribution >= 4 is 27.5 Å². The maximum atomic E-state index is 11.9. The number of benzene rings is 1. The molecule has 0 aromatic heterocycles. The summed E-state index contributed by atoms with van der Waals surface area (Å²) >= 11 is 3.29. The van der Waals surface area contributed by atoms with Gasteiger partial charge in [0.2, 0.25) is 0 Å². The summed E-state index contributed by atoms with van der Waals surface area (Å²) in [7, 11) is 1.60. The van der Waals surface area contributed by atoms with Gasteiger partial charge < -0.3 is 15.8 Å². The zero-order chi connectivity index (χ0) is 12.1. The molecule has 0 saturated carbocycles. The van der Waals surface area contributed by atoms with Crippen molar-refractivity contribution in [3.05, 3.63) is 28.2 Å². The standard InChI is InChI=1S/C11H15BrN2O2/c1-7(6-16-2)14-11(15)8-4-3-5-9(13)10(8)12/h3-5,7H,6,13H2,1-2H3,(H,14,15). The molecule has 1 aromatic carbocycles. The Morgan fingerprint density at radius 3 is 2.94 bits per heavy atom. The van der Waals surface area contributed by atoms with Gasteiger partial charge >= 0.3 is 0 Å². The van der Waals surface area contributed by atoms with Crippen LogP contribution in [0.25, 0.3) is 0 Å². The third-order valence-electron chi connectivity index (χ3n) is 2.07. The second-order valence-electron chi connectivity index (χ2n) is 3.54. The monoisotopic (exact) mass is 286 g/mol. The molecule has 1 atom stereocenters. The lowest BCUT2D eigenvalue weighted by Crippen LogP contribution is -2.35. The minimum absolute atomic E-state index is 0.0363. The molecule has 3 N–H and O–H groups in total. The number of nitrogen functional groups attached to an aromatic ring is 1. The Morgan fingerprint density at radius 1 is 1.62 bits per heavy atom. The topological polar surface area (TPSA) is 64.3 Å². The molecule has 5 heteroatoms. The van der Waals surface area contributed by atoms with Crippen LogP contribution in [0, 0.1) is 0 Å². The van der Waals surface area contributed by atoms with Gasteiger partial charge in [0.1, 0.15) is 0 Å². The van der Waals surface area contributed by atoms with E-state index in [4.69, 9.17) is 10.5 Å². The zero-order valence-electron chi connectivity index (χ0n) is 9.29. The van der Waals surface area contributed by atoms with E-state index in [0.717, 1.165) is 0 Å². The van der Waals surface area contributed by atoms with Gasteiger partial charge in [0.05, 0.1) is 16.6 Å². The van der Waals surface area contributed by atoms with Gasteiger partial charge in [-0.25, -0.2) is 0 Å². The molecule has 0 fully saturated rings. The summed E-state index contributed by atoms with van der Waals surface area (Å²) in [5.74, 6) is -0.163. The van der Waals surface area contributed by atoms with Crippen molar-refractivity contribution in [1.29, 1.82) is 0 Å². The Bertz CT molecular complexity index is 382. The predicted molar refractivity (Wildman–Crippen MR) is 67.4 cm³/mol. The first-order valence-corrected chi connectivity index (χ1v) is 5.69. The summed E-state index contributed by atoms with van der Waals surface area (Å²) in [6.45, 7) is 2.35. The smallest absolute Gasteiger partial charge is 0.252 e. The average molecular weight is 287 g/mol. The lowest BCUT2D eigenvalue weighted by atomic mass is 10.2. The Labute approximate surface area is 103 Å². The van der Waals surface area contributed by atoms with Gasteiger partial charge in [-0.2, -0.15) is 0 Å². The molecule has 1 rings (SSSR count). The number of carbonyl (C=O) groups excluding carboxylic acids is 1. The van der Waals surface area contributed by atoms with E-state index in [-0.39, 0.29) is 11.9 Å². The highest BCUT2D eigenvalue weighted by molar-refractivity contribution is 9.10. The molecule has 0 saturated heterocycles. The molecular weight excluding hydrogens is 272 g/mol. The van der Waals surface area contributed by atoms with Crippen LogP contribution in [0.1, 0.15) is 17.3 Å².